The summed E-state index contributed by atoms with van der Waals surface area (Å²) in [6.07, 6.45) is 4.54. The van der Waals surface area contributed by atoms with Crippen LogP contribution in [-0.2, 0) is 20.7 Å². The summed E-state index contributed by atoms with van der Waals surface area (Å²) in [4.78, 5) is 30.3. The predicted octanol–water partition coefficient (Wildman–Crippen LogP) is 5.17. The van der Waals surface area contributed by atoms with E-state index in [0.29, 0.717) is 31.4 Å². The van der Waals surface area contributed by atoms with E-state index in [9.17, 15) is 9.59 Å². The van der Waals surface area contributed by atoms with E-state index >= 15 is 0 Å². The summed E-state index contributed by atoms with van der Waals surface area (Å²) < 4.78 is 11.5. The highest BCUT2D eigenvalue weighted by molar-refractivity contribution is 7.98. The monoisotopic (exact) mass is 497 g/mol. The number of carbonyl (C=O) groups is 2. The van der Waals surface area contributed by atoms with E-state index in [1.54, 1.807) is 23.8 Å². The maximum absolute atomic E-state index is 13.7. The number of nitrogens with zero attached hydrogens (tertiary/aromatic N) is 1. The van der Waals surface area contributed by atoms with Crippen LogP contribution in [0.2, 0.25) is 0 Å². The molecule has 1 fully saturated rings. The quantitative estimate of drug-likeness (QED) is 0.407. The Morgan fingerprint density at radius 3 is 2.50 bits per heavy atom. The molecule has 178 valence electrons. The zero-order valence-electron chi connectivity index (χ0n) is 19.3. The van der Waals surface area contributed by atoms with Gasteiger partial charge in [0.05, 0.1) is 24.6 Å². The van der Waals surface area contributed by atoms with Crippen LogP contribution in [0, 0.1) is 5.92 Å². The zero-order chi connectivity index (χ0) is 23.8. The highest BCUT2D eigenvalue weighted by atomic mass is 35.5. The molecule has 2 aliphatic heterocycles. The van der Waals surface area contributed by atoms with Gasteiger partial charge in [-0.3, -0.25) is 9.59 Å². The summed E-state index contributed by atoms with van der Waals surface area (Å²) in [7, 11) is 1.64. The molecule has 0 N–H and O–H groups in total. The highest BCUT2D eigenvalue weighted by Gasteiger charge is 2.52. The molecule has 0 radical (unpaired) electrons. The van der Waals surface area contributed by atoms with Gasteiger partial charge in [-0.05, 0) is 67.3 Å². The van der Waals surface area contributed by atoms with Gasteiger partial charge in [0.15, 0.2) is 11.5 Å². The maximum atomic E-state index is 13.7. The zero-order valence-corrected chi connectivity index (χ0v) is 20.9. The van der Waals surface area contributed by atoms with Crippen LogP contribution in [0.3, 0.4) is 0 Å². The van der Waals surface area contributed by atoms with Gasteiger partial charge in [0.1, 0.15) is 11.9 Å². The van der Waals surface area contributed by atoms with Crippen LogP contribution in [0.1, 0.15) is 36.4 Å². The van der Waals surface area contributed by atoms with Gasteiger partial charge in [-0.25, -0.2) is 0 Å². The Morgan fingerprint density at radius 1 is 1.09 bits per heavy atom. The largest absolute Gasteiger partial charge is 0.497 e. The SMILES string of the molecule is COc1ccc(CCN2C(=O)C3=C(C(=O)C4CC(Cl)CCC4O3)C2c2ccc(SC)cc2)cc1. The molecule has 4 atom stereocenters. The molecule has 2 heterocycles. The van der Waals surface area contributed by atoms with Crippen molar-refractivity contribution in [1.29, 1.82) is 0 Å². The minimum atomic E-state index is -0.444. The fraction of sp³-hybridized carbons (Fsp3) is 0.407. The van der Waals surface area contributed by atoms with Crippen LogP contribution in [-0.4, -0.2) is 48.0 Å². The number of thioether (sulfide) groups is 1. The first-order chi connectivity index (χ1) is 16.5. The number of ketones is 1. The molecule has 2 aromatic rings. The van der Waals surface area contributed by atoms with E-state index < -0.39 is 6.04 Å². The number of alkyl halides is 1. The lowest BCUT2D eigenvalue weighted by Crippen LogP contribution is -2.41. The smallest absolute Gasteiger partial charge is 0.290 e. The molecule has 0 aromatic heterocycles. The second-order valence-corrected chi connectivity index (χ2v) is 10.5. The molecule has 5 nitrogen and oxygen atoms in total. The van der Waals surface area contributed by atoms with Crippen LogP contribution in [0.15, 0.2) is 64.8 Å². The summed E-state index contributed by atoms with van der Waals surface area (Å²) in [6.45, 7) is 0.483. The van der Waals surface area contributed by atoms with Gasteiger partial charge in [0.2, 0.25) is 0 Å². The van der Waals surface area contributed by atoms with Gasteiger partial charge >= 0.3 is 0 Å². The van der Waals surface area contributed by atoms with Crippen LogP contribution in [0.4, 0.5) is 0 Å². The lowest BCUT2D eigenvalue weighted by atomic mass is 9.77. The number of hydrogen-bond donors (Lipinski definition) is 0. The number of carbonyl (C=O) groups excluding carboxylic acids is 2. The highest BCUT2D eigenvalue weighted by Crippen LogP contribution is 2.47. The molecule has 0 bridgehead atoms. The molecular weight excluding hydrogens is 470 g/mol. The number of Topliss-reactive ketones (excluding diaryl/α,β-unsaturated/α-hetero) is 1. The molecule has 0 spiro atoms. The standard InChI is InChI=1S/C27H28ClNO4S/c1-32-19-8-3-16(4-9-19)13-14-29-24(17-5-10-20(34-2)11-6-17)23-25(30)21-15-18(28)7-12-22(21)33-26(23)27(29)31/h3-6,8-11,18,21-22,24H,7,12-15H2,1-2H3. The average molecular weight is 498 g/mol. The van der Waals surface area contributed by atoms with E-state index in [0.717, 1.165) is 28.2 Å². The van der Waals surface area contributed by atoms with Crippen molar-refractivity contribution in [2.45, 2.75) is 48.1 Å². The summed E-state index contributed by atoms with van der Waals surface area (Å²) in [6, 6.07) is 15.5. The second-order valence-electron chi connectivity index (χ2n) is 9.05. The van der Waals surface area contributed by atoms with Crippen molar-refractivity contribution in [3.63, 3.8) is 0 Å². The Bertz CT molecular complexity index is 1110. The fourth-order valence-corrected chi connectivity index (χ4v) is 5.99. The Labute approximate surface area is 209 Å². The predicted molar refractivity (Wildman–Crippen MR) is 133 cm³/mol. The number of methoxy groups -OCH3 is 1. The first-order valence-electron chi connectivity index (χ1n) is 11.7. The molecule has 5 rings (SSSR count). The molecule has 3 aliphatic rings. The van der Waals surface area contributed by atoms with Crippen molar-refractivity contribution in [2.75, 3.05) is 19.9 Å². The van der Waals surface area contributed by atoms with Crippen molar-refractivity contribution in [1.82, 2.24) is 4.90 Å². The van der Waals surface area contributed by atoms with Crippen LogP contribution < -0.4 is 4.74 Å². The maximum Gasteiger partial charge on any atom is 0.290 e. The third-order valence-electron chi connectivity index (χ3n) is 7.11. The van der Waals surface area contributed by atoms with Gasteiger partial charge in [0.25, 0.3) is 5.91 Å². The number of hydrogen-bond acceptors (Lipinski definition) is 5. The van der Waals surface area contributed by atoms with Crippen LogP contribution >= 0.6 is 23.4 Å². The fourth-order valence-electron chi connectivity index (χ4n) is 5.27. The van der Waals surface area contributed by atoms with E-state index in [2.05, 4.69) is 0 Å². The Kier molecular flexibility index (Phi) is 6.63. The van der Waals surface area contributed by atoms with E-state index in [1.165, 1.54) is 0 Å². The molecule has 7 heteroatoms. The third kappa shape index (κ3) is 4.22. The lowest BCUT2D eigenvalue weighted by molar-refractivity contribution is -0.135. The average Bonchev–Trinajstić information content (AvgIpc) is 3.15. The summed E-state index contributed by atoms with van der Waals surface area (Å²) in [5.74, 6) is 0.590. The van der Waals surface area contributed by atoms with Crippen LogP contribution in [0.25, 0.3) is 0 Å². The van der Waals surface area contributed by atoms with Gasteiger partial charge in [-0.2, -0.15) is 0 Å². The molecule has 1 amide bonds. The van der Waals surface area contributed by atoms with Crippen molar-refractivity contribution in [3.8, 4) is 5.75 Å². The molecule has 1 saturated carbocycles. The summed E-state index contributed by atoms with van der Waals surface area (Å²) >= 11 is 8.08. The second kappa shape index (κ2) is 9.67. The van der Waals surface area contributed by atoms with E-state index in [4.69, 9.17) is 21.1 Å². The van der Waals surface area contributed by atoms with Crippen molar-refractivity contribution in [3.05, 3.63) is 71.0 Å². The van der Waals surface area contributed by atoms with Crippen LogP contribution in [0.5, 0.6) is 5.75 Å². The molecule has 1 aliphatic carbocycles. The Morgan fingerprint density at radius 2 is 1.82 bits per heavy atom. The molecule has 0 saturated heterocycles. The summed E-state index contributed by atoms with van der Waals surface area (Å²) in [5.41, 5.74) is 2.53. The van der Waals surface area contributed by atoms with Crippen molar-refractivity contribution >= 4 is 35.1 Å². The van der Waals surface area contributed by atoms with Gasteiger partial charge in [-0.1, -0.05) is 24.3 Å². The Hall–Kier alpha value is -2.44. The summed E-state index contributed by atoms with van der Waals surface area (Å²) in [5, 5.41) is -0.0291. The first-order valence-corrected chi connectivity index (χ1v) is 13.3. The molecular formula is C27H28ClNO4S. The number of ether oxygens (including phenoxy) is 2. The molecule has 34 heavy (non-hydrogen) atoms. The first kappa shape index (κ1) is 23.3. The normalized spacial score (nSPS) is 26.3. The number of halogens is 1. The number of amides is 1. The van der Waals surface area contributed by atoms with Crippen molar-refractivity contribution in [2.24, 2.45) is 5.92 Å². The number of benzene rings is 2. The van der Waals surface area contributed by atoms with Gasteiger partial charge in [0, 0.05) is 16.8 Å². The minimum Gasteiger partial charge on any atom is -0.497 e. The molecule has 4 unspecified atom stereocenters. The van der Waals surface area contributed by atoms with Gasteiger partial charge < -0.3 is 14.4 Å². The molecule has 2 aromatic carbocycles. The topological polar surface area (TPSA) is 55.8 Å². The van der Waals surface area contributed by atoms with Gasteiger partial charge in [-0.15, -0.1) is 23.4 Å². The van der Waals surface area contributed by atoms with E-state index in [-0.39, 0.29) is 34.8 Å². The minimum absolute atomic E-state index is 0.0239. The number of rotatable bonds is 6. The third-order valence-corrected chi connectivity index (χ3v) is 8.25. The van der Waals surface area contributed by atoms with E-state index in [1.807, 2.05) is 54.8 Å². The van der Waals surface area contributed by atoms with Crippen molar-refractivity contribution < 1.29 is 19.1 Å². The lowest BCUT2D eigenvalue weighted by Gasteiger charge is -2.37. The Balaban J connectivity index is 1.48. The number of fused-ring (bicyclic) bond motifs is 1.